The Labute approximate surface area is 87.6 Å². The summed E-state index contributed by atoms with van der Waals surface area (Å²) in [5.41, 5.74) is 0.754. The van der Waals surface area contributed by atoms with Gasteiger partial charge in [0.1, 0.15) is 0 Å². The minimum absolute atomic E-state index is 0. The average molecular weight is 206 g/mol. The van der Waals surface area contributed by atoms with E-state index in [9.17, 15) is 4.79 Å². The van der Waals surface area contributed by atoms with Gasteiger partial charge >= 0.3 is 5.91 Å². The van der Waals surface area contributed by atoms with Gasteiger partial charge in [0.05, 0.1) is 21.1 Å². The lowest BCUT2D eigenvalue weighted by molar-refractivity contribution is -0.789. The minimum Gasteiger partial charge on any atom is -1.00 e. The fraction of sp³-hybridized carbons (Fsp3) is 0.700. The molecule has 0 rings (SSSR count). The summed E-state index contributed by atoms with van der Waals surface area (Å²) in [4.78, 5) is 11.5. The van der Waals surface area contributed by atoms with Crippen molar-refractivity contribution in [1.82, 2.24) is 0 Å². The second-order valence-electron chi connectivity index (χ2n) is 4.02. The number of halogens is 1. The quantitative estimate of drug-likeness (QED) is 0.424. The number of amides is 1. The monoisotopic (exact) mass is 205 g/mol. The minimum atomic E-state index is 0. The molecule has 0 saturated heterocycles. The third-order valence-corrected chi connectivity index (χ3v) is 1.74. The zero-order valence-electron chi connectivity index (χ0n) is 9.06. The van der Waals surface area contributed by atoms with Crippen LogP contribution in [0, 0.1) is 0 Å². The number of rotatable bonds is 4. The molecule has 1 amide bonds. The lowest BCUT2D eigenvalue weighted by Gasteiger charge is -2.21. The second kappa shape index (κ2) is 6.17. The van der Waals surface area contributed by atoms with Crippen molar-refractivity contribution in [3.8, 4) is 0 Å². The first kappa shape index (κ1) is 15.1. The molecule has 2 nitrogen and oxygen atoms in total. The maximum atomic E-state index is 11.5. The summed E-state index contributed by atoms with van der Waals surface area (Å²) >= 11 is 0. The van der Waals surface area contributed by atoms with Crippen molar-refractivity contribution < 1.29 is 21.7 Å². The zero-order chi connectivity index (χ0) is 9.78. The Kier molecular flexibility index (Phi) is 7.18. The fourth-order valence-electron chi connectivity index (χ4n) is 0.971. The maximum Gasteiger partial charge on any atom is 0.340 e. The van der Waals surface area contributed by atoms with E-state index >= 15 is 0 Å². The molecule has 0 aliphatic heterocycles. The second-order valence-corrected chi connectivity index (χ2v) is 4.02. The van der Waals surface area contributed by atoms with E-state index in [1.54, 1.807) is 0 Å². The van der Waals surface area contributed by atoms with Crippen molar-refractivity contribution in [3.05, 3.63) is 12.2 Å². The Hall–Kier alpha value is -0.340. The van der Waals surface area contributed by atoms with Gasteiger partial charge in [-0.15, -0.1) is 0 Å². The highest BCUT2D eigenvalue weighted by Gasteiger charge is 2.22. The number of quaternary nitrogens is 1. The molecule has 0 aliphatic rings. The van der Waals surface area contributed by atoms with E-state index in [4.69, 9.17) is 0 Å². The van der Waals surface area contributed by atoms with Gasteiger partial charge in [-0.3, -0.25) is 4.48 Å². The molecule has 0 radical (unpaired) electrons. The van der Waals surface area contributed by atoms with Crippen LogP contribution in [0.1, 0.15) is 26.2 Å². The van der Waals surface area contributed by atoms with Crippen molar-refractivity contribution in [2.45, 2.75) is 26.2 Å². The number of carbonyl (C=O) groups is 1. The van der Waals surface area contributed by atoms with Crippen molar-refractivity contribution in [2.75, 3.05) is 21.1 Å². The molecule has 0 unspecified atom stereocenters. The van der Waals surface area contributed by atoms with Crippen molar-refractivity contribution >= 4 is 5.91 Å². The van der Waals surface area contributed by atoms with Crippen LogP contribution in [0.5, 0.6) is 0 Å². The van der Waals surface area contributed by atoms with Crippen LogP contribution >= 0.6 is 0 Å². The molecule has 0 spiro atoms. The third-order valence-electron chi connectivity index (χ3n) is 1.74. The van der Waals surface area contributed by atoms with Crippen LogP contribution in [0.4, 0.5) is 0 Å². The van der Waals surface area contributed by atoms with Crippen LogP contribution < -0.4 is 12.4 Å². The molecule has 0 fully saturated rings. The SMILES string of the molecule is C=C(CCCC)C(=O)[N+](C)(C)C.[Cl-]. The summed E-state index contributed by atoms with van der Waals surface area (Å²) in [6.45, 7) is 5.91. The van der Waals surface area contributed by atoms with Gasteiger partial charge in [-0.25, -0.2) is 4.79 Å². The summed E-state index contributed by atoms with van der Waals surface area (Å²) in [7, 11) is 5.62. The molecular weight excluding hydrogens is 186 g/mol. The van der Waals surface area contributed by atoms with Gasteiger partial charge in [-0.1, -0.05) is 19.9 Å². The number of nitrogens with zero attached hydrogens (tertiary/aromatic N) is 1. The van der Waals surface area contributed by atoms with E-state index in [2.05, 4.69) is 13.5 Å². The number of carbonyl (C=O) groups excluding carboxylic acids is 1. The van der Waals surface area contributed by atoms with Crippen LogP contribution in [0.25, 0.3) is 0 Å². The van der Waals surface area contributed by atoms with Crippen LogP contribution in [0.3, 0.4) is 0 Å². The predicted molar refractivity (Wildman–Crippen MR) is 51.7 cm³/mol. The number of unbranched alkanes of at least 4 members (excludes halogenated alkanes) is 1. The normalized spacial score (nSPS) is 10.5. The first-order valence-corrected chi connectivity index (χ1v) is 4.43. The molecule has 0 saturated carbocycles. The molecule has 0 aromatic carbocycles. The highest BCUT2D eigenvalue weighted by Crippen LogP contribution is 2.10. The van der Waals surface area contributed by atoms with Crippen LogP contribution in [-0.4, -0.2) is 31.5 Å². The van der Waals surface area contributed by atoms with E-state index in [-0.39, 0.29) is 18.3 Å². The first-order chi connectivity index (χ1) is 5.39. The van der Waals surface area contributed by atoms with E-state index in [1.165, 1.54) is 0 Å². The molecule has 78 valence electrons. The molecule has 3 heteroatoms. The Balaban J connectivity index is 0. The van der Waals surface area contributed by atoms with Gasteiger partial charge in [-0.05, 0) is 12.8 Å². The summed E-state index contributed by atoms with van der Waals surface area (Å²) < 4.78 is 0.350. The highest BCUT2D eigenvalue weighted by atomic mass is 35.5. The molecule has 0 heterocycles. The Morgan fingerprint density at radius 3 is 2.08 bits per heavy atom. The van der Waals surface area contributed by atoms with Crippen LogP contribution in [-0.2, 0) is 4.79 Å². The molecule has 0 atom stereocenters. The largest absolute Gasteiger partial charge is 1.00 e. The van der Waals surface area contributed by atoms with Gasteiger partial charge in [-0.2, -0.15) is 0 Å². The van der Waals surface area contributed by atoms with Crippen molar-refractivity contribution in [2.24, 2.45) is 0 Å². The lowest BCUT2D eigenvalue weighted by Crippen LogP contribution is -3.00. The Bertz CT molecular complexity index is 182. The van der Waals surface area contributed by atoms with E-state index < -0.39 is 0 Å². The topological polar surface area (TPSA) is 17.1 Å². The van der Waals surface area contributed by atoms with Crippen LogP contribution in [0.15, 0.2) is 12.2 Å². The number of hydrogen-bond acceptors (Lipinski definition) is 1. The molecule has 13 heavy (non-hydrogen) atoms. The number of likely N-dealkylation sites (N-methyl/N-ethyl adjacent to an activating group) is 1. The van der Waals surface area contributed by atoms with E-state index in [0.29, 0.717) is 4.48 Å². The van der Waals surface area contributed by atoms with Gasteiger partial charge < -0.3 is 12.4 Å². The van der Waals surface area contributed by atoms with Gasteiger partial charge in [0.25, 0.3) is 0 Å². The average Bonchev–Trinajstić information content (AvgIpc) is 1.97. The molecule has 0 aromatic rings. The Morgan fingerprint density at radius 2 is 1.77 bits per heavy atom. The summed E-state index contributed by atoms with van der Waals surface area (Å²) in [6.07, 6.45) is 3.01. The fourth-order valence-corrected chi connectivity index (χ4v) is 0.971. The van der Waals surface area contributed by atoms with E-state index in [1.807, 2.05) is 21.1 Å². The van der Waals surface area contributed by atoms with E-state index in [0.717, 1.165) is 24.8 Å². The van der Waals surface area contributed by atoms with Gasteiger partial charge in [0.2, 0.25) is 0 Å². The third kappa shape index (κ3) is 5.83. The molecule has 0 N–H and O–H groups in total. The molecule has 0 aromatic heterocycles. The highest BCUT2D eigenvalue weighted by molar-refractivity contribution is 5.86. The number of hydrogen-bond donors (Lipinski definition) is 0. The summed E-state index contributed by atoms with van der Waals surface area (Å²) in [5, 5.41) is 0. The summed E-state index contributed by atoms with van der Waals surface area (Å²) in [5.74, 6) is 0.142. The lowest BCUT2D eigenvalue weighted by atomic mass is 10.1. The van der Waals surface area contributed by atoms with Crippen molar-refractivity contribution in [3.63, 3.8) is 0 Å². The molecule has 0 aliphatic carbocycles. The predicted octanol–water partition coefficient (Wildman–Crippen LogP) is -1.03. The smallest absolute Gasteiger partial charge is 0.340 e. The van der Waals surface area contributed by atoms with Gasteiger partial charge in [0.15, 0.2) is 0 Å². The summed E-state index contributed by atoms with van der Waals surface area (Å²) in [6, 6.07) is 0. The van der Waals surface area contributed by atoms with Crippen LogP contribution in [0.2, 0.25) is 0 Å². The Morgan fingerprint density at radius 1 is 1.31 bits per heavy atom. The zero-order valence-corrected chi connectivity index (χ0v) is 9.82. The maximum absolute atomic E-state index is 11.5. The van der Waals surface area contributed by atoms with Gasteiger partial charge in [0, 0.05) is 5.57 Å². The molecular formula is C10H20ClNO. The molecule has 0 bridgehead atoms. The first-order valence-electron chi connectivity index (χ1n) is 4.43. The standard InChI is InChI=1S/C10H20NO.ClH/c1-6-7-8-9(2)10(12)11(3,4)5;/h2,6-8H2,1,3-5H3;1H/q+1;/p-1. The van der Waals surface area contributed by atoms with Crippen molar-refractivity contribution in [1.29, 1.82) is 0 Å².